The van der Waals surface area contributed by atoms with Crippen LogP contribution in [0.1, 0.15) is 10.4 Å². The Labute approximate surface area is 172 Å². The molecule has 0 amide bonds. The number of pyridine rings is 1. The van der Waals surface area contributed by atoms with Crippen LogP contribution in [0, 0.1) is 0 Å². The number of ether oxygens (including phenoxy) is 1. The number of carboxylic acids is 1. The van der Waals surface area contributed by atoms with E-state index < -0.39 is 5.97 Å². The minimum atomic E-state index is -1.02. The van der Waals surface area contributed by atoms with Crippen LogP contribution in [0.4, 0.5) is 0 Å². The number of nitrogens with zero attached hydrogens (tertiary/aromatic N) is 3. The minimum Gasteiger partial charge on any atom is -0.497 e. The maximum atomic E-state index is 12.3. The molecule has 0 saturated heterocycles. The zero-order valence-corrected chi connectivity index (χ0v) is 17.0. The lowest BCUT2D eigenvalue weighted by Gasteiger charge is -2.12. The van der Waals surface area contributed by atoms with Gasteiger partial charge in [-0.3, -0.25) is 0 Å². The summed E-state index contributed by atoms with van der Waals surface area (Å²) in [5.41, 5.74) is 3.60. The fourth-order valence-electron chi connectivity index (χ4n) is 3.41. The van der Waals surface area contributed by atoms with Crippen molar-refractivity contribution < 1.29 is 14.6 Å². The number of rotatable bonds is 5. The van der Waals surface area contributed by atoms with Gasteiger partial charge in [-0.25, -0.2) is 14.5 Å². The highest BCUT2D eigenvalue weighted by Gasteiger charge is 2.26. The van der Waals surface area contributed by atoms with Crippen molar-refractivity contribution in [3.8, 4) is 28.3 Å². The summed E-state index contributed by atoms with van der Waals surface area (Å²) < 4.78 is 6.92. The Morgan fingerprint density at radius 3 is 2.28 bits per heavy atom. The van der Waals surface area contributed by atoms with Gasteiger partial charge in [-0.15, -0.1) is 11.8 Å². The number of hydrogen-bond donors (Lipinski definition) is 1. The molecule has 0 aliphatic heterocycles. The highest BCUT2D eigenvalue weighted by Crippen LogP contribution is 2.40. The molecule has 2 aromatic heterocycles. The minimum absolute atomic E-state index is 0.181. The van der Waals surface area contributed by atoms with Gasteiger partial charge in [0.1, 0.15) is 17.0 Å². The molecule has 0 spiro atoms. The van der Waals surface area contributed by atoms with E-state index in [1.807, 2.05) is 55.8 Å². The number of carboxylic acid groups (broad SMARTS) is 1. The van der Waals surface area contributed by atoms with Crippen molar-refractivity contribution in [2.75, 3.05) is 13.4 Å². The Morgan fingerprint density at radius 1 is 1.03 bits per heavy atom. The summed E-state index contributed by atoms with van der Waals surface area (Å²) >= 11 is 1.39. The quantitative estimate of drug-likeness (QED) is 0.484. The second-order valence-electron chi connectivity index (χ2n) is 6.44. The number of thioether (sulfide) groups is 1. The molecule has 2 aromatic carbocycles. The molecule has 29 heavy (non-hydrogen) atoms. The number of aryl methyl sites for hydroxylation is 1. The molecule has 0 unspecified atom stereocenters. The highest BCUT2D eigenvalue weighted by molar-refractivity contribution is 7.99. The summed E-state index contributed by atoms with van der Waals surface area (Å²) in [6.45, 7) is 0. The van der Waals surface area contributed by atoms with Crippen LogP contribution in [0.15, 0.2) is 59.5 Å². The van der Waals surface area contributed by atoms with Gasteiger partial charge in [-0.1, -0.05) is 30.3 Å². The second kappa shape index (κ2) is 7.60. The monoisotopic (exact) mass is 405 g/mol. The first-order valence-electron chi connectivity index (χ1n) is 8.93. The molecule has 2 heterocycles. The largest absolute Gasteiger partial charge is 0.497 e. The predicted octanol–water partition coefficient (Wildman–Crippen LogP) is 4.73. The molecule has 0 radical (unpaired) electrons. The van der Waals surface area contributed by atoms with Crippen LogP contribution < -0.4 is 4.74 Å². The van der Waals surface area contributed by atoms with Crippen LogP contribution in [-0.4, -0.2) is 39.2 Å². The summed E-state index contributed by atoms with van der Waals surface area (Å²) in [4.78, 5) is 17.7. The van der Waals surface area contributed by atoms with Crippen molar-refractivity contribution in [1.29, 1.82) is 0 Å². The van der Waals surface area contributed by atoms with Gasteiger partial charge < -0.3 is 9.84 Å². The number of aromatic carboxylic acids is 1. The second-order valence-corrected chi connectivity index (χ2v) is 7.26. The van der Waals surface area contributed by atoms with E-state index in [-0.39, 0.29) is 5.56 Å². The van der Waals surface area contributed by atoms with Gasteiger partial charge in [0.25, 0.3) is 0 Å². The molecule has 146 valence electrons. The van der Waals surface area contributed by atoms with Crippen molar-refractivity contribution in [3.63, 3.8) is 0 Å². The molecule has 0 aliphatic carbocycles. The van der Waals surface area contributed by atoms with Gasteiger partial charge >= 0.3 is 5.97 Å². The Hall–Kier alpha value is -3.32. The summed E-state index contributed by atoms with van der Waals surface area (Å²) in [5, 5.41) is 15.5. The Kier molecular flexibility index (Phi) is 4.98. The zero-order valence-electron chi connectivity index (χ0n) is 16.2. The number of fused-ring (bicyclic) bond motifs is 1. The molecule has 4 aromatic rings. The van der Waals surface area contributed by atoms with E-state index in [4.69, 9.17) is 9.72 Å². The van der Waals surface area contributed by atoms with Gasteiger partial charge in [-0.2, -0.15) is 5.10 Å². The first-order chi connectivity index (χ1) is 14.0. The molecular formula is C22H19N3O3S. The molecule has 0 saturated carbocycles. The maximum absolute atomic E-state index is 12.3. The summed E-state index contributed by atoms with van der Waals surface area (Å²) in [6.07, 6.45) is 1.88. The topological polar surface area (TPSA) is 77.2 Å². The summed E-state index contributed by atoms with van der Waals surface area (Å²) in [5.74, 6) is -0.318. The van der Waals surface area contributed by atoms with E-state index in [1.54, 1.807) is 23.9 Å². The predicted molar refractivity (Wildman–Crippen MR) is 115 cm³/mol. The van der Waals surface area contributed by atoms with Crippen LogP contribution >= 0.6 is 11.8 Å². The van der Waals surface area contributed by atoms with E-state index in [0.29, 0.717) is 27.5 Å². The van der Waals surface area contributed by atoms with E-state index in [1.165, 1.54) is 11.8 Å². The first-order valence-corrected chi connectivity index (χ1v) is 10.2. The summed E-state index contributed by atoms with van der Waals surface area (Å²) in [7, 11) is 3.42. The Morgan fingerprint density at radius 2 is 1.69 bits per heavy atom. The molecule has 0 bridgehead atoms. The van der Waals surface area contributed by atoms with Gasteiger partial charge in [-0.05, 0) is 30.5 Å². The number of hydrogen-bond acceptors (Lipinski definition) is 5. The van der Waals surface area contributed by atoms with Crippen molar-refractivity contribution in [1.82, 2.24) is 14.8 Å². The molecule has 6 nitrogen and oxygen atoms in total. The third-order valence-corrected chi connectivity index (χ3v) is 5.57. The normalized spacial score (nSPS) is 11.0. The van der Waals surface area contributed by atoms with Gasteiger partial charge in [0.15, 0.2) is 5.65 Å². The smallest absolute Gasteiger partial charge is 0.339 e. The highest BCUT2D eigenvalue weighted by atomic mass is 32.2. The maximum Gasteiger partial charge on any atom is 0.339 e. The van der Waals surface area contributed by atoms with Crippen LogP contribution in [0.5, 0.6) is 5.75 Å². The average Bonchev–Trinajstić information content (AvgIpc) is 3.09. The fourth-order valence-corrected chi connectivity index (χ4v) is 4.19. The van der Waals surface area contributed by atoms with Gasteiger partial charge in [0, 0.05) is 23.1 Å². The molecule has 0 aliphatic rings. The third-order valence-electron chi connectivity index (χ3n) is 4.75. The van der Waals surface area contributed by atoms with E-state index in [9.17, 15) is 9.90 Å². The van der Waals surface area contributed by atoms with Crippen molar-refractivity contribution >= 4 is 28.8 Å². The number of aromatic nitrogens is 3. The van der Waals surface area contributed by atoms with Crippen molar-refractivity contribution in [2.45, 2.75) is 4.90 Å². The van der Waals surface area contributed by atoms with Crippen LogP contribution in [0.3, 0.4) is 0 Å². The van der Waals surface area contributed by atoms with E-state index >= 15 is 0 Å². The number of benzene rings is 2. The van der Waals surface area contributed by atoms with Crippen molar-refractivity contribution in [3.05, 3.63) is 60.2 Å². The zero-order chi connectivity index (χ0) is 20.5. The number of methoxy groups -OCH3 is 1. The van der Waals surface area contributed by atoms with Crippen LogP contribution in [0.2, 0.25) is 0 Å². The Bertz CT molecular complexity index is 1200. The molecule has 4 rings (SSSR count). The van der Waals surface area contributed by atoms with Gasteiger partial charge in [0.2, 0.25) is 0 Å². The standard InChI is InChI=1S/C22H19N3O3S/c1-25-21-16(19(24-25)13-7-5-4-6-8-13)20(29-3)17(22(26)27)18(23-21)14-9-11-15(28-2)12-10-14/h4-12H,1-3H3,(H,26,27). The first kappa shape index (κ1) is 19.0. The molecule has 0 fully saturated rings. The van der Waals surface area contributed by atoms with Crippen LogP contribution in [0.25, 0.3) is 33.5 Å². The fraction of sp³-hybridized carbons (Fsp3) is 0.136. The van der Waals surface area contributed by atoms with Crippen LogP contribution in [-0.2, 0) is 7.05 Å². The average molecular weight is 405 g/mol. The summed E-state index contributed by atoms with van der Waals surface area (Å²) in [6, 6.07) is 17.0. The molecule has 7 heteroatoms. The molecular weight excluding hydrogens is 386 g/mol. The lowest BCUT2D eigenvalue weighted by molar-refractivity contribution is 0.0694. The lowest BCUT2D eigenvalue weighted by Crippen LogP contribution is -2.06. The van der Waals surface area contributed by atoms with E-state index in [2.05, 4.69) is 5.10 Å². The lowest BCUT2D eigenvalue weighted by atomic mass is 10.0. The molecule has 1 N–H and O–H groups in total. The SMILES string of the molecule is COc1ccc(-c2nc3c(c(-c4ccccc4)nn3C)c(SC)c2C(=O)O)cc1. The van der Waals surface area contributed by atoms with Crippen molar-refractivity contribution in [2.24, 2.45) is 7.05 Å². The third kappa shape index (κ3) is 3.23. The van der Waals surface area contributed by atoms with E-state index in [0.717, 1.165) is 16.6 Å². The van der Waals surface area contributed by atoms with Gasteiger partial charge in [0.05, 0.1) is 18.2 Å². The Balaban J connectivity index is 2.07. The number of carbonyl (C=O) groups is 1. The molecule has 0 atom stereocenters.